The molecule has 0 amide bonds. The van der Waals surface area contributed by atoms with Gasteiger partial charge >= 0.3 is 4.87 Å². The largest absolute Gasteiger partial charge is 0.315 e. The Kier molecular flexibility index (Phi) is 4.38. The van der Waals surface area contributed by atoms with Gasteiger partial charge in [-0.3, -0.25) is 4.79 Å². The molecular formula is C12H21N3O3S2. The van der Waals surface area contributed by atoms with Crippen LogP contribution in [0.15, 0.2) is 9.00 Å². The predicted molar refractivity (Wildman–Crippen MR) is 79.7 cm³/mol. The van der Waals surface area contributed by atoms with Crippen molar-refractivity contribution in [2.75, 3.05) is 13.1 Å². The molecular weight excluding hydrogens is 298 g/mol. The summed E-state index contributed by atoms with van der Waals surface area (Å²) >= 11 is 0.726. The second-order valence-electron chi connectivity index (χ2n) is 5.88. The van der Waals surface area contributed by atoms with Gasteiger partial charge in [0.25, 0.3) is 10.0 Å². The molecule has 0 saturated carbocycles. The van der Waals surface area contributed by atoms with Crippen molar-refractivity contribution < 1.29 is 8.42 Å². The lowest BCUT2D eigenvalue weighted by Gasteiger charge is -2.39. The zero-order valence-corrected chi connectivity index (χ0v) is 13.6. The molecule has 1 unspecified atom stereocenters. The summed E-state index contributed by atoms with van der Waals surface area (Å²) in [5, 5.41) is 3.36. The highest BCUT2D eigenvalue weighted by Gasteiger charge is 2.33. The fraction of sp³-hybridized carbons (Fsp3) is 0.750. The van der Waals surface area contributed by atoms with Crippen molar-refractivity contribution >= 4 is 21.4 Å². The van der Waals surface area contributed by atoms with Gasteiger partial charge in [-0.05, 0) is 31.7 Å². The van der Waals surface area contributed by atoms with E-state index < -0.39 is 10.0 Å². The molecule has 2 rings (SSSR count). The Morgan fingerprint density at radius 1 is 1.45 bits per heavy atom. The van der Waals surface area contributed by atoms with Gasteiger partial charge in [0.1, 0.15) is 0 Å². The maximum absolute atomic E-state index is 12.2. The molecule has 1 fully saturated rings. The monoisotopic (exact) mass is 319 g/mol. The van der Waals surface area contributed by atoms with E-state index in [1.165, 1.54) is 0 Å². The quantitative estimate of drug-likeness (QED) is 0.765. The molecule has 0 radical (unpaired) electrons. The van der Waals surface area contributed by atoms with Crippen LogP contribution in [0.1, 0.15) is 32.4 Å². The van der Waals surface area contributed by atoms with Gasteiger partial charge in [0.05, 0.1) is 0 Å². The molecule has 3 N–H and O–H groups in total. The summed E-state index contributed by atoms with van der Waals surface area (Å²) in [7, 11) is -3.62. The SMILES string of the molecule is Cc1[nH]c(=O)sc1S(=O)(=O)NCC1NCCCC1(C)C. The molecule has 1 saturated heterocycles. The van der Waals surface area contributed by atoms with Crippen LogP contribution < -0.4 is 14.9 Å². The first-order chi connectivity index (χ1) is 9.22. The van der Waals surface area contributed by atoms with Crippen molar-refractivity contribution in [3.05, 3.63) is 15.4 Å². The topological polar surface area (TPSA) is 91.1 Å². The molecule has 20 heavy (non-hydrogen) atoms. The van der Waals surface area contributed by atoms with Crippen LogP contribution in [0.3, 0.4) is 0 Å². The number of aromatic nitrogens is 1. The Hall–Kier alpha value is -0.700. The van der Waals surface area contributed by atoms with E-state index >= 15 is 0 Å². The lowest BCUT2D eigenvalue weighted by molar-refractivity contribution is 0.182. The number of aromatic amines is 1. The minimum Gasteiger partial charge on any atom is -0.315 e. The molecule has 1 aromatic heterocycles. The third-order valence-corrected chi connectivity index (χ3v) is 6.86. The van der Waals surface area contributed by atoms with Crippen molar-refractivity contribution in [1.29, 1.82) is 0 Å². The lowest BCUT2D eigenvalue weighted by Crippen LogP contribution is -2.52. The average molecular weight is 319 g/mol. The Morgan fingerprint density at radius 2 is 2.15 bits per heavy atom. The molecule has 0 bridgehead atoms. The van der Waals surface area contributed by atoms with E-state index in [9.17, 15) is 13.2 Å². The van der Waals surface area contributed by atoms with Gasteiger partial charge in [0, 0.05) is 18.3 Å². The van der Waals surface area contributed by atoms with Crippen molar-refractivity contribution in [3.63, 3.8) is 0 Å². The van der Waals surface area contributed by atoms with Crippen molar-refractivity contribution in [3.8, 4) is 0 Å². The Morgan fingerprint density at radius 3 is 2.70 bits per heavy atom. The number of sulfonamides is 1. The van der Waals surface area contributed by atoms with E-state index in [2.05, 4.69) is 28.9 Å². The van der Waals surface area contributed by atoms with Gasteiger partial charge in [-0.15, -0.1) is 0 Å². The van der Waals surface area contributed by atoms with Crippen LogP contribution in [-0.4, -0.2) is 32.5 Å². The predicted octanol–water partition coefficient (Wildman–Crippen LogP) is 0.801. The van der Waals surface area contributed by atoms with Crippen molar-refractivity contribution in [2.45, 2.75) is 43.9 Å². The standard InChI is InChI=1S/C12H21N3O3S2/c1-8-10(19-11(16)15-8)20(17,18)14-7-9-12(2,3)5-4-6-13-9/h9,13-14H,4-7H2,1-3H3,(H,15,16). The van der Waals surface area contributed by atoms with Crippen LogP contribution >= 0.6 is 11.3 Å². The Balaban J connectivity index is 2.10. The van der Waals surface area contributed by atoms with E-state index in [4.69, 9.17) is 0 Å². The van der Waals surface area contributed by atoms with E-state index in [-0.39, 0.29) is 20.5 Å². The number of piperidine rings is 1. The molecule has 1 atom stereocenters. The van der Waals surface area contributed by atoms with Crippen LogP contribution in [-0.2, 0) is 10.0 Å². The third kappa shape index (κ3) is 3.30. The number of nitrogens with one attached hydrogen (secondary N) is 3. The van der Waals surface area contributed by atoms with E-state index in [1.807, 2.05) is 0 Å². The van der Waals surface area contributed by atoms with Gasteiger partial charge in [-0.2, -0.15) is 0 Å². The first-order valence-electron chi connectivity index (χ1n) is 6.65. The minimum atomic E-state index is -3.62. The smallest absolute Gasteiger partial charge is 0.305 e. The van der Waals surface area contributed by atoms with E-state index in [0.29, 0.717) is 12.2 Å². The highest BCUT2D eigenvalue weighted by Crippen LogP contribution is 2.30. The molecule has 0 spiro atoms. The maximum atomic E-state index is 12.2. The number of H-pyrrole nitrogens is 1. The number of hydrogen-bond acceptors (Lipinski definition) is 5. The number of aryl methyl sites for hydroxylation is 1. The second-order valence-corrected chi connectivity index (χ2v) is 8.82. The van der Waals surface area contributed by atoms with Crippen LogP contribution in [0.2, 0.25) is 0 Å². The first kappa shape index (κ1) is 15.7. The highest BCUT2D eigenvalue weighted by molar-refractivity contribution is 7.91. The number of hydrogen-bond donors (Lipinski definition) is 3. The number of thiazole rings is 1. The molecule has 0 aromatic carbocycles. The zero-order valence-electron chi connectivity index (χ0n) is 11.9. The Bertz CT molecular complexity index is 631. The molecule has 1 aliphatic rings. The molecule has 1 aromatic rings. The van der Waals surface area contributed by atoms with Crippen LogP contribution in [0, 0.1) is 12.3 Å². The average Bonchev–Trinajstić information content (AvgIpc) is 2.67. The Labute approximate surface area is 123 Å². The molecule has 8 heteroatoms. The molecule has 0 aliphatic carbocycles. The summed E-state index contributed by atoms with van der Waals surface area (Å²) in [6.07, 6.45) is 2.18. The molecule has 2 heterocycles. The van der Waals surface area contributed by atoms with Crippen molar-refractivity contribution in [2.24, 2.45) is 5.41 Å². The fourth-order valence-electron chi connectivity index (χ4n) is 2.52. The maximum Gasteiger partial charge on any atom is 0.305 e. The highest BCUT2D eigenvalue weighted by atomic mass is 32.2. The summed E-state index contributed by atoms with van der Waals surface area (Å²) in [4.78, 5) is 13.4. The lowest BCUT2D eigenvalue weighted by atomic mass is 9.78. The normalized spacial score (nSPS) is 22.9. The fourth-order valence-corrected chi connectivity index (χ4v) is 4.92. The molecule has 114 valence electrons. The van der Waals surface area contributed by atoms with Gasteiger partial charge < -0.3 is 10.3 Å². The summed E-state index contributed by atoms with van der Waals surface area (Å²) in [5.41, 5.74) is 0.449. The molecule has 6 nitrogen and oxygen atoms in total. The van der Waals surface area contributed by atoms with Crippen LogP contribution in [0.4, 0.5) is 0 Å². The molecule has 1 aliphatic heterocycles. The second kappa shape index (κ2) is 5.59. The third-order valence-electron chi connectivity index (χ3n) is 3.83. The van der Waals surface area contributed by atoms with Gasteiger partial charge in [0.15, 0.2) is 4.21 Å². The summed E-state index contributed by atoms with van der Waals surface area (Å²) in [5.74, 6) is 0. The number of rotatable bonds is 4. The summed E-state index contributed by atoms with van der Waals surface area (Å²) in [6, 6.07) is 0.0991. The van der Waals surface area contributed by atoms with Crippen LogP contribution in [0.25, 0.3) is 0 Å². The van der Waals surface area contributed by atoms with Gasteiger partial charge in [-0.25, -0.2) is 13.1 Å². The van der Waals surface area contributed by atoms with Crippen LogP contribution in [0.5, 0.6) is 0 Å². The summed E-state index contributed by atoms with van der Waals surface area (Å²) < 4.78 is 27.2. The first-order valence-corrected chi connectivity index (χ1v) is 8.95. The van der Waals surface area contributed by atoms with E-state index in [1.54, 1.807) is 6.92 Å². The van der Waals surface area contributed by atoms with Gasteiger partial charge in [0.2, 0.25) is 0 Å². The van der Waals surface area contributed by atoms with Gasteiger partial charge in [-0.1, -0.05) is 25.2 Å². The minimum absolute atomic E-state index is 0.0566. The zero-order chi connectivity index (χ0) is 15.0. The van der Waals surface area contributed by atoms with Crippen molar-refractivity contribution in [1.82, 2.24) is 15.0 Å². The summed E-state index contributed by atoms with van der Waals surface area (Å²) in [6.45, 7) is 7.11. The van der Waals surface area contributed by atoms with E-state index in [0.717, 1.165) is 30.7 Å².